The molecule has 0 aliphatic carbocycles. The number of fused-ring (bicyclic) bond motifs is 2. The van der Waals surface area contributed by atoms with Crippen LogP contribution in [0.25, 0.3) is 0 Å². The number of aliphatic hydroxyl groups is 1. The summed E-state index contributed by atoms with van der Waals surface area (Å²) in [6.45, 7) is 8.86. The molecule has 3 aromatic rings. The van der Waals surface area contributed by atoms with Crippen LogP contribution >= 0.6 is 11.8 Å². The minimum atomic E-state index is -1.04. The Morgan fingerprint density at radius 2 is 1.51 bits per heavy atom. The van der Waals surface area contributed by atoms with Gasteiger partial charge in [-0.05, 0) is 75.1 Å². The Kier molecular flexibility index (Phi) is 8.69. The summed E-state index contributed by atoms with van der Waals surface area (Å²) in [5, 5.41) is 10.9. The Balaban J connectivity index is 1.36. The highest BCUT2D eigenvalue weighted by molar-refractivity contribution is 8.02. The van der Waals surface area contributed by atoms with Gasteiger partial charge < -0.3 is 24.5 Å². The van der Waals surface area contributed by atoms with Gasteiger partial charge in [0.2, 0.25) is 11.8 Å². The van der Waals surface area contributed by atoms with E-state index in [1.807, 2.05) is 119 Å². The second-order valence-electron chi connectivity index (χ2n) is 13.6. The molecule has 0 bridgehead atoms. The van der Waals surface area contributed by atoms with E-state index in [9.17, 15) is 9.90 Å². The molecule has 254 valence electrons. The van der Waals surface area contributed by atoms with Crippen molar-refractivity contribution < 1.29 is 24.2 Å². The van der Waals surface area contributed by atoms with E-state index in [-0.39, 0.29) is 24.3 Å². The molecule has 0 saturated carbocycles. The Morgan fingerprint density at radius 1 is 0.837 bits per heavy atom. The number of aryl methyl sites for hydroxylation is 2. The summed E-state index contributed by atoms with van der Waals surface area (Å²) in [6, 6.07) is 21.6. The number of rotatable bonds is 8. The van der Waals surface area contributed by atoms with Gasteiger partial charge in [-0.2, -0.15) is 0 Å². The maximum absolute atomic E-state index is 15.2. The third-order valence-corrected chi connectivity index (χ3v) is 12.4. The number of ether oxygens (including phenoxy) is 1. The van der Waals surface area contributed by atoms with E-state index in [0.717, 1.165) is 33.8 Å². The second-order valence-corrected chi connectivity index (χ2v) is 15.4. The monoisotopic (exact) mass is 677 g/mol. The molecule has 4 aliphatic heterocycles. The fourth-order valence-electron chi connectivity index (χ4n) is 8.54. The Bertz CT molecular complexity index is 1810. The first-order valence-corrected chi connectivity index (χ1v) is 17.9. The average Bonchev–Trinajstić information content (AvgIpc) is 3.37. The van der Waals surface area contributed by atoms with Gasteiger partial charge in [0.1, 0.15) is 11.8 Å². The molecule has 49 heavy (non-hydrogen) atoms. The number of thioether (sulfide) groups is 1. The van der Waals surface area contributed by atoms with Crippen molar-refractivity contribution in [1.29, 1.82) is 0 Å². The first-order chi connectivity index (χ1) is 23.6. The molecule has 1 unspecified atom stereocenters. The molecular formula is C40H43N3O5S. The van der Waals surface area contributed by atoms with E-state index in [0.29, 0.717) is 26.1 Å². The fourth-order valence-corrected chi connectivity index (χ4v) is 10.7. The summed E-state index contributed by atoms with van der Waals surface area (Å²) in [4.78, 5) is 50.4. The highest BCUT2D eigenvalue weighted by atomic mass is 32.2. The highest BCUT2D eigenvalue weighted by Gasteiger charge is 2.74. The highest BCUT2D eigenvalue weighted by Crippen LogP contribution is 2.66. The predicted octanol–water partition coefficient (Wildman–Crippen LogP) is 5.50. The van der Waals surface area contributed by atoms with Crippen LogP contribution in [0.2, 0.25) is 0 Å². The topological polar surface area (TPSA) is 90.4 Å². The number of carbonyl (C=O) groups is 3. The number of hydrogen-bond acceptors (Lipinski definition) is 6. The lowest BCUT2D eigenvalue weighted by Crippen LogP contribution is -2.57. The molecular weight excluding hydrogens is 635 g/mol. The van der Waals surface area contributed by atoms with Crippen LogP contribution in [0.15, 0.2) is 97.1 Å². The summed E-state index contributed by atoms with van der Waals surface area (Å²) in [5.74, 6) is -1.47. The van der Waals surface area contributed by atoms with E-state index in [4.69, 9.17) is 4.74 Å². The van der Waals surface area contributed by atoms with Gasteiger partial charge in [0.05, 0.1) is 35.8 Å². The number of likely N-dealkylation sites (tertiary alicyclic amines) is 1. The van der Waals surface area contributed by atoms with Crippen molar-refractivity contribution in [3.05, 3.63) is 114 Å². The van der Waals surface area contributed by atoms with E-state index < -0.39 is 33.4 Å². The van der Waals surface area contributed by atoms with Gasteiger partial charge >= 0.3 is 0 Å². The molecule has 0 aromatic heterocycles. The van der Waals surface area contributed by atoms with Crippen molar-refractivity contribution >= 4 is 40.9 Å². The molecule has 0 radical (unpaired) electrons. The van der Waals surface area contributed by atoms with Crippen molar-refractivity contribution in [2.75, 3.05) is 36.1 Å². The van der Waals surface area contributed by atoms with Crippen molar-refractivity contribution in [1.82, 2.24) is 4.90 Å². The van der Waals surface area contributed by atoms with E-state index in [1.165, 1.54) is 0 Å². The summed E-state index contributed by atoms with van der Waals surface area (Å²) in [5.41, 5.74) is 4.44. The number of carbonyl (C=O) groups excluding carboxylic acids is 3. The zero-order valence-corrected chi connectivity index (χ0v) is 29.2. The standard InChI is InChI=1S/C40H43N3O5S/c1-5-48-31-18-16-29(17-19-31)41-22-10-20-39(4)32(36(41)45)33-37(46)43(30(25-44)24-28-14-7-6-8-15-28)35-38(47)42(23-11-21-40(33,35)49-39)34-26(2)12-9-13-27(34)3/h6-21,30,32-33,35,44H,5,22-25H2,1-4H3/t30-,32+,33+,35?,39-,40+/m1/s1. The minimum Gasteiger partial charge on any atom is -0.494 e. The largest absolute Gasteiger partial charge is 0.494 e. The number of nitrogens with zero attached hydrogens (tertiary/aromatic N) is 3. The molecule has 7 rings (SSSR count). The van der Waals surface area contributed by atoms with Crippen LogP contribution in [-0.4, -0.2) is 75.6 Å². The first-order valence-electron chi connectivity index (χ1n) is 17.1. The number of hydrogen-bond donors (Lipinski definition) is 1. The number of anilines is 2. The van der Waals surface area contributed by atoms with Crippen LogP contribution in [-0.2, 0) is 20.8 Å². The molecule has 2 saturated heterocycles. The minimum absolute atomic E-state index is 0.153. The van der Waals surface area contributed by atoms with Gasteiger partial charge in [-0.15, -0.1) is 11.8 Å². The molecule has 8 nitrogen and oxygen atoms in total. The van der Waals surface area contributed by atoms with Crippen LogP contribution in [0.1, 0.15) is 30.5 Å². The lowest BCUT2D eigenvalue weighted by atomic mass is 9.74. The Labute approximate surface area is 292 Å². The summed E-state index contributed by atoms with van der Waals surface area (Å²) in [7, 11) is 0. The van der Waals surface area contributed by atoms with Crippen molar-refractivity contribution in [2.24, 2.45) is 11.8 Å². The molecule has 3 aromatic carbocycles. The maximum Gasteiger partial charge on any atom is 0.251 e. The third-order valence-electron chi connectivity index (χ3n) is 10.6. The fraction of sp³-hybridized carbons (Fsp3) is 0.375. The van der Waals surface area contributed by atoms with Crippen molar-refractivity contribution in [3.8, 4) is 5.75 Å². The van der Waals surface area contributed by atoms with Crippen LogP contribution < -0.4 is 14.5 Å². The van der Waals surface area contributed by atoms with Crippen LogP contribution in [0.3, 0.4) is 0 Å². The molecule has 6 atom stereocenters. The average molecular weight is 678 g/mol. The lowest BCUT2D eigenvalue weighted by Gasteiger charge is -2.40. The van der Waals surface area contributed by atoms with Gasteiger partial charge in [-0.1, -0.05) is 72.8 Å². The van der Waals surface area contributed by atoms with Crippen LogP contribution in [0.5, 0.6) is 5.75 Å². The van der Waals surface area contributed by atoms with E-state index in [1.54, 1.807) is 26.5 Å². The van der Waals surface area contributed by atoms with Crippen LogP contribution in [0, 0.1) is 25.7 Å². The quantitative estimate of drug-likeness (QED) is 0.317. The van der Waals surface area contributed by atoms with Crippen LogP contribution in [0.4, 0.5) is 11.4 Å². The van der Waals surface area contributed by atoms with Gasteiger partial charge in [0.25, 0.3) is 5.91 Å². The lowest BCUT2D eigenvalue weighted by molar-refractivity contribution is -0.142. The predicted molar refractivity (Wildman–Crippen MR) is 194 cm³/mol. The summed E-state index contributed by atoms with van der Waals surface area (Å²) < 4.78 is 3.85. The smallest absolute Gasteiger partial charge is 0.251 e. The SMILES string of the molecule is CCOc1ccc(N2CC=C[C@@]3(C)S[C@]45C=CCN(c6c(C)cccc6C)C(=O)C4N([C@@H](CO)Cc4ccccc4)C(=O)[C@@H]5[C@H]3C2=O)cc1. The second kappa shape index (κ2) is 12.8. The van der Waals surface area contributed by atoms with Gasteiger partial charge in [-0.3, -0.25) is 14.4 Å². The van der Waals surface area contributed by atoms with E-state index in [2.05, 4.69) is 6.08 Å². The van der Waals surface area contributed by atoms with Gasteiger partial charge in [-0.25, -0.2) is 0 Å². The third kappa shape index (κ3) is 5.38. The number of para-hydroxylation sites is 1. The number of amides is 3. The normalized spacial score (nSPS) is 28.2. The van der Waals surface area contributed by atoms with Gasteiger partial charge in [0.15, 0.2) is 0 Å². The molecule has 9 heteroatoms. The molecule has 3 amide bonds. The maximum atomic E-state index is 15.2. The Morgan fingerprint density at radius 3 is 2.18 bits per heavy atom. The zero-order valence-electron chi connectivity index (χ0n) is 28.4. The van der Waals surface area contributed by atoms with Crippen molar-refractivity contribution in [2.45, 2.75) is 55.7 Å². The summed E-state index contributed by atoms with van der Waals surface area (Å²) >= 11 is 1.55. The zero-order chi connectivity index (χ0) is 34.5. The molecule has 4 aliphatic rings. The molecule has 1 spiro atoms. The Hall–Kier alpha value is -4.34. The first kappa shape index (κ1) is 33.2. The molecule has 2 fully saturated rings. The molecule has 1 N–H and O–H groups in total. The van der Waals surface area contributed by atoms with Crippen molar-refractivity contribution in [3.63, 3.8) is 0 Å². The van der Waals surface area contributed by atoms with E-state index >= 15 is 9.59 Å². The van der Waals surface area contributed by atoms with Gasteiger partial charge in [0, 0.05) is 29.2 Å². The molecule has 4 heterocycles. The number of aliphatic hydroxyl groups excluding tert-OH is 1. The summed E-state index contributed by atoms with van der Waals surface area (Å²) in [6.07, 6.45) is 8.49. The number of benzene rings is 3.